The quantitative estimate of drug-likeness (QED) is 0.733. The van der Waals surface area contributed by atoms with Crippen LogP contribution in [0.25, 0.3) is 5.70 Å². The zero-order valence-electron chi connectivity index (χ0n) is 13.3. The maximum atomic E-state index is 14.5. The fraction of sp³-hybridized carbons (Fsp3) is 0.150. The summed E-state index contributed by atoms with van der Waals surface area (Å²) in [5.74, 6) is -1.15. The van der Waals surface area contributed by atoms with E-state index in [2.05, 4.69) is 4.99 Å². The van der Waals surface area contributed by atoms with Gasteiger partial charge in [0.2, 0.25) is 0 Å². The van der Waals surface area contributed by atoms with Crippen LogP contribution in [0, 0.1) is 0 Å². The largest absolute Gasteiger partial charge is 0.497 e. The highest BCUT2D eigenvalue weighted by molar-refractivity contribution is 6.04. The molecule has 0 amide bonds. The number of allylic oxidation sites excluding steroid dienone is 3. The second-order valence-corrected chi connectivity index (χ2v) is 5.41. The van der Waals surface area contributed by atoms with E-state index >= 15 is 0 Å². The molecular weight excluding hydrogens is 308 g/mol. The molecule has 1 heterocycles. The van der Waals surface area contributed by atoms with Crippen LogP contribution in [-0.4, -0.2) is 12.8 Å². The Bertz CT molecular complexity index is 805. The maximum Gasteiger partial charge on any atom is 0.184 e. The molecule has 4 heteroatoms. The minimum absolute atomic E-state index is 0.00459. The molecule has 0 saturated carbocycles. The third kappa shape index (κ3) is 3.43. The van der Waals surface area contributed by atoms with Crippen molar-refractivity contribution in [2.75, 3.05) is 7.11 Å². The topological polar surface area (TPSA) is 21.6 Å². The van der Waals surface area contributed by atoms with Crippen molar-refractivity contribution in [3.63, 3.8) is 0 Å². The van der Waals surface area contributed by atoms with Crippen molar-refractivity contribution in [1.29, 1.82) is 0 Å². The van der Waals surface area contributed by atoms with Gasteiger partial charge in [0, 0.05) is 11.3 Å². The van der Waals surface area contributed by atoms with Crippen molar-refractivity contribution in [3.8, 4) is 5.75 Å². The molecule has 2 nitrogen and oxygen atoms in total. The summed E-state index contributed by atoms with van der Waals surface area (Å²) in [6.45, 7) is 0. The molecule has 1 aliphatic heterocycles. The number of rotatable bonds is 3. The van der Waals surface area contributed by atoms with Crippen LogP contribution < -0.4 is 4.74 Å². The lowest BCUT2D eigenvalue weighted by Crippen LogP contribution is -2.04. The standard InChI is InChI=1S/C20H17F2NO/c1-24-16-12-10-15(11-13-16)20-19(22)17(21)8-5-9-18(23-20)14-6-3-2-4-7-14/h2-4,6-8,10-13H,5,9H2,1H3/b17-8+,20-19+,23-18?. The van der Waals surface area contributed by atoms with Crippen molar-refractivity contribution < 1.29 is 13.5 Å². The molecule has 0 saturated heterocycles. The summed E-state index contributed by atoms with van der Waals surface area (Å²) in [4.78, 5) is 4.46. The summed E-state index contributed by atoms with van der Waals surface area (Å²) >= 11 is 0. The van der Waals surface area contributed by atoms with Gasteiger partial charge in [-0.05, 0) is 48.7 Å². The van der Waals surface area contributed by atoms with Crippen LogP contribution in [-0.2, 0) is 0 Å². The van der Waals surface area contributed by atoms with Crippen LogP contribution in [0.1, 0.15) is 24.0 Å². The van der Waals surface area contributed by atoms with Crippen LogP contribution in [0.5, 0.6) is 5.75 Å². The van der Waals surface area contributed by atoms with E-state index in [0.717, 1.165) is 11.3 Å². The second-order valence-electron chi connectivity index (χ2n) is 5.41. The monoisotopic (exact) mass is 325 g/mol. The molecule has 2 aromatic carbocycles. The van der Waals surface area contributed by atoms with Gasteiger partial charge in [0.25, 0.3) is 0 Å². The van der Waals surface area contributed by atoms with E-state index in [0.29, 0.717) is 24.2 Å². The molecule has 0 aliphatic carbocycles. The van der Waals surface area contributed by atoms with E-state index in [9.17, 15) is 8.78 Å². The van der Waals surface area contributed by atoms with E-state index < -0.39 is 11.7 Å². The molecule has 122 valence electrons. The van der Waals surface area contributed by atoms with Crippen LogP contribution in [0.2, 0.25) is 0 Å². The van der Waals surface area contributed by atoms with E-state index in [4.69, 9.17) is 4.74 Å². The number of halogens is 2. The third-order valence-electron chi connectivity index (χ3n) is 3.84. The Hall–Kier alpha value is -2.75. The summed E-state index contributed by atoms with van der Waals surface area (Å²) in [7, 11) is 1.55. The molecule has 24 heavy (non-hydrogen) atoms. The zero-order chi connectivity index (χ0) is 16.9. The number of hydrogen-bond acceptors (Lipinski definition) is 2. The van der Waals surface area contributed by atoms with E-state index in [1.54, 1.807) is 31.4 Å². The smallest absolute Gasteiger partial charge is 0.184 e. The Balaban J connectivity index is 2.11. The Morgan fingerprint density at radius 2 is 1.62 bits per heavy atom. The van der Waals surface area contributed by atoms with Crippen molar-refractivity contribution >= 4 is 11.4 Å². The van der Waals surface area contributed by atoms with Crippen LogP contribution >= 0.6 is 0 Å². The lowest BCUT2D eigenvalue weighted by atomic mass is 10.0. The van der Waals surface area contributed by atoms with Crippen molar-refractivity contribution in [3.05, 3.63) is 83.5 Å². The van der Waals surface area contributed by atoms with Gasteiger partial charge >= 0.3 is 0 Å². The predicted molar refractivity (Wildman–Crippen MR) is 92.4 cm³/mol. The van der Waals surface area contributed by atoms with Crippen molar-refractivity contribution in [1.82, 2.24) is 0 Å². The average molecular weight is 325 g/mol. The highest BCUT2D eigenvalue weighted by atomic mass is 19.2. The Morgan fingerprint density at radius 3 is 2.29 bits per heavy atom. The number of aliphatic imine (C=N–C) groups is 1. The normalized spacial score (nSPS) is 20.5. The fourth-order valence-electron chi connectivity index (χ4n) is 2.56. The lowest BCUT2D eigenvalue weighted by molar-refractivity contribution is 0.415. The average Bonchev–Trinajstić information content (AvgIpc) is 2.63. The molecule has 3 rings (SSSR count). The summed E-state index contributed by atoms with van der Waals surface area (Å²) in [5, 5.41) is 0. The molecule has 0 unspecified atom stereocenters. The summed E-state index contributed by atoms with van der Waals surface area (Å²) in [5.41, 5.74) is 2.16. The summed E-state index contributed by atoms with van der Waals surface area (Å²) in [6, 6.07) is 16.3. The van der Waals surface area contributed by atoms with Crippen LogP contribution in [0.4, 0.5) is 8.78 Å². The first-order chi connectivity index (χ1) is 11.7. The van der Waals surface area contributed by atoms with Crippen LogP contribution in [0.15, 0.2) is 77.3 Å². The Morgan fingerprint density at radius 1 is 0.917 bits per heavy atom. The van der Waals surface area contributed by atoms with Gasteiger partial charge in [-0.3, -0.25) is 0 Å². The fourth-order valence-corrected chi connectivity index (χ4v) is 2.56. The van der Waals surface area contributed by atoms with Gasteiger partial charge in [0.05, 0.1) is 7.11 Å². The van der Waals surface area contributed by atoms with E-state index in [-0.39, 0.29) is 5.70 Å². The van der Waals surface area contributed by atoms with Gasteiger partial charge < -0.3 is 4.74 Å². The van der Waals surface area contributed by atoms with E-state index in [1.807, 2.05) is 30.3 Å². The van der Waals surface area contributed by atoms with Crippen LogP contribution in [0.3, 0.4) is 0 Å². The molecule has 0 radical (unpaired) electrons. The number of benzene rings is 2. The second kappa shape index (κ2) is 7.21. The van der Waals surface area contributed by atoms with Gasteiger partial charge in [0.1, 0.15) is 11.4 Å². The minimum Gasteiger partial charge on any atom is -0.497 e. The maximum absolute atomic E-state index is 14.5. The number of ether oxygens (including phenoxy) is 1. The summed E-state index contributed by atoms with van der Waals surface area (Å²) in [6.07, 6.45) is 2.23. The molecule has 2 aromatic rings. The SMILES string of the molecule is COc1ccc(/C2=C(F)/C(F)=C\CCC(c3ccccc3)=N2)cc1. The van der Waals surface area contributed by atoms with Gasteiger partial charge in [-0.1, -0.05) is 30.3 Å². The predicted octanol–water partition coefficient (Wildman–Crippen LogP) is 5.47. The molecule has 0 bridgehead atoms. The van der Waals surface area contributed by atoms with Crippen molar-refractivity contribution in [2.45, 2.75) is 12.8 Å². The van der Waals surface area contributed by atoms with Gasteiger partial charge in [-0.25, -0.2) is 13.8 Å². The molecule has 1 aliphatic rings. The molecule has 0 atom stereocenters. The zero-order valence-corrected chi connectivity index (χ0v) is 13.3. The number of nitrogens with zero attached hydrogens (tertiary/aromatic N) is 1. The molecule has 0 spiro atoms. The van der Waals surface area contributed by atoms with Gasteiger partial charge in [-0.15, -0.1) is 0 Å². The van der Waals surface area contributed by atoms with E-state index in [1.165, 1.54) is 6.08 Å². The molecular formula is C20H17F2NO. The molecule has 0 aromatic heterocycles. The highest BCUT2D eigenvalue weighted by Crippen LogP contribution is 2.31. The molecule has 0 N–H and O–H groups in total. The first-order valence-corrected chi connectivity index (χ1v) is 7.72. The first-order valence-electron chi connectivity index (χ1n) is 7.72. The lowest BCUT2D eigenvalue weighted by Gasteiger charge is -2.12. The molecule has 0 fully saturated rings. The number of hydrogen-bond donors (Lipinski definition) is 0. The van der Waals surface area contributed by atoms with Gasteiger partial charge in [-0.2, -0.15) is 0 Å². The first kappa shape index (κ1) is 16.1. The highest BCUT2D eigenvalue weighted by Gasteiger charge is 2.17. The Labute approximate surface area is 139 Å². The third-order valence-corrected chi connectivity index (χ3v) is 3.84. The van der Waals surface area contributed by atoms with Crippen molar-refractivity contribution in [2.24, 2.45) is 4.99 Å². The minimum atomic E-state index is -0.937. The summed E-state index contributed by atoms with van der Waals surface area (Å²) < 4.78 is 33.6. The number of methoxy groups -OCH3 is 1. The Kier molecular flexibility index (Phi) is 4.85. The van der Waals surface area contributed by atoms with Gasteiger partial charge in [0.15, 0.2) is 11.7 Å².